The van der Waals surface area contributed by atoms with E-state index in [0.29, 0.717) is 23.8 Å². The molecule has 114 valence electrons. The molecular formula is C19H22N2O. The van der Waals surface area contributed by atoms with Crippen molar-refractivity contribution >= 4 is 11.6 Å². The van der Waals surface area contributed by atoms with Crippen LogP contribution in [0.5, 0.6) is 0 Å². The molecule has 0 heterocycles. The SMILES string of the molecule is Cc1ccc(CN(C(=O)c2cccc(N)c2)C2CC2)cc1C. The van der Waals surface area contributed by atoms with Gasteiger partial charge in [0.05, 0.1) is 0 Å². The van der Waals surface area contributed by atoms with Crippen molar-refractivity contribution in [2.24, 2.45) is 0 Å². The molecular weight excluding hydrogens is 272 g/mol. The Labute approximate surface area is 131 Å². The van der Waals surface area contributed by atoms with Crippen molar-refractivity contribution in [2.75, 3.05) is 5.73 Å². The van der Waals surface area contributed by atoms with Crippen molar-refractivity contribution in [1.29, 1.82) is 0 Å². The van der Waals surface area contributed by atoms with Crippen molar-refractivity contribution in [3.63, 3.8) is 0 Å². The van der Waals surface area contributed by atoms with Crippen molar-refractivity contribution in [2.45, 2.75) is 39.3 Å². The number of hydrogen-bond acceptors (Lipinski definition) is 2. The first kappa shape index (κ1) is 14.6. The summed E-state index contributed by atoms with van der Waals surface area (Å²) in [6.45, 7) is 4.88. The smallest absolute Gasteiger partial charge is 0.254 e. The zero-order valence-corrected chi connectivity index (χ0v) is 13.2. The summed E-state index contributed by atoms with van der Waals surface area (Å²) in [5.74, 6) is 0.0769. The quantitative estimate of drug-likeness (QED) is 0.874. The molecule has 2 aromatic carbocycles. The molecule has 0 bridgehead atoms. The van der Waals surface area contributed by atoms with Crippen LogP contribution in [0.15, 0.2) is 42.5 Å². The standard InChI is InChI=1S/C19H22N2O/c1-13-6-7-15(10-14(13)2)12-21(18-8-9-18)19(22)16-4-3-5-17(20)11-16/h3-7,10-11,18H,8-9,12,20H2,1-2H3. The summed E-state index contributed by atoms with van der Waals surface area (Å²) in [4.78, 5) is 14.8. The molecule has 0 unspecified atom stereocenters. The van der Waals surface area contributed by atoms with Gasteiger partial charge in [0.25, 0.3) is 5.91 Å². The van der Waals surface area contributed by atoms with Gasteiger partial charge in [-0.15, -0.1) is 0 Å². The topological polar surface area (TPSA) is 46.3 Å². The molecule has 2 aromatic rings. The molecule has 0 atom stereocenters. The van der Waals surface area contributed by atoms with Gasteiger partial charge in [-0.2, -0.15) is 0 Å². The Morgan fingerprint density at radius 2 is 1.91 bits per heavy atom. The van der Waals surface area contributed by atoms with E-state index in [-0.39, 0.29) is 5.91 Å². The molecule has 0 aliphatic heterocycles. The second-order valence-electron chi connectivity index (χ2n) is 6.21. The number of anilines is 1. The van der Waals surface area contributed by atoms with Crippen molar-refractivity contribution < 1.29 is 4.79 Å². The zero-order chi connectivity index (χ0) is 15.7. The van der Waals surface area contributed by atoms with E-state index in [9.17, 15) is 4.79 Å². The Balaban J connectivity index is 1.83. The van der Waals surface area contributed by atoms with Gasteiger partial charge in [-0.1, -0.05) is 24.3 Å². The lowest BCUT2D eigenvalue weighted by molar-refractivity contribution is 0.0730. The molecule has 0 saturated heterocycles. The third-order valence-electron chi connectivity index (χ3n) is 4.31. The Morgan fingerprint density at radius 1 is 1.14 bits per heavy atom. The van der Waals surface area contributed by atoms with Crippen molar-refractivity contribution in [3.8, 4) is 0 Å². The summed E-state index contributed by atoms with van der Waals surface area (Å²) in [6, 6.07) is 14.0. The van der Waals surface area contributed by atoms with Crippen molar-refractivity contribution in [3.05, 3.63) is 64.7 Å². The summed E-state index contributed by atoms with van der Waals surface area (Å²) in [5.41, 5.74) is 10.9. The monoisotopic (exact) mass is 294 g/mol. The van der Waals surface area contributed by atoms with Gasteiger partial charge in [0, 0.05) is 23.8 Å². The summed E-state index contributed by atoms with van der Waals surface area (Å²) in [6.07, 6.45) is 2.19. The highest BCUT2D eigenvalue weighted by Gasteiger charge is 2.33. The summed E-state index contributed by atoms with van der Waals surface area (Å²) >= 11 is 0. The molecule has 2 N–H and O–H groups in total. The van der Waals surface area contributed by atoms with Crippen molar-refractivity contribution in [1.82, 2.24) is 4.90 Å². The number of carbonyl (C=O) groups is 1. The Bertz CT molecular complexity index is 704. The zero-order valence-electron chi connectivity index (χ0n) is 13.2. The van der Waals surface area contributed by atoms with Crippen LogP contribution in [-0.2, 0) is 6.54 Å². The number of nitrogen functional groups attached to an aromatic ring is 1. The number of carbonyl (C=O) groups excluding carboxylic acids is 1. The molecule has 1 saturated carbocycles. The third-order valence-corrected chi connectivity index (χ3v) is 4.31. The fourth-order valence-electron chi connectivity index (χ4n) is 2.69. The molecule has 1 aliphatic rings. The van der Waals surface area contributed by atoms with Crippen LogP contribution in [0.2, 0.25) is 0 Å². The van der Waals surface area contributed by atoms with Crippen LogP contribution >= 0.6 is 0 Å². The van der Waals surface area contributed by atoms with Gasteiger partial charge in [-0.25, -0.2) is 0 Å². The second kappa shape index (κ2) is 5.84. The number of amides is 1. The highest BCUT2D eigenvalue weighted by atomic mass is 16.2. The minimum atomic E-state index is 0.0769. The van der Waals surface area contributed by atoms with Crippen LogP contribution in [0.25, 0.3) is 0 Å². The highest BCUT2D eigenvalue weighted by Crippen LogP contribution is 2.30. The average molecular weight is 294 g/mol. The maximum absolute atomic E-state index is 12.8. The molecule has 0 aromatic heterocycles. The fraction of sp³-hybridized carbons (Fsp3) is 0.316. The molecule has 3 nitrogen and oxygen atoms in total. The van der Waals surface area contributed by atoms with E-state index >= 15 is 0 Å². The van der Waals surface area contributed by atoms with Gasteiger partial charge in [0.1, 0.15) is 0 Å². The van der Waals surface area contributed by atoms with Gasteiger partial charge < -0.3 is 10.6 Å². The average Bonchev–Trinajstić information content (AvgIpc) is 3.32. The number of benzene rings is 2. The second-order valence-corrected chi connectivity index (χ2v) is 6.21. The number of nitrogens with two attached hydrogens (primary N) is 1. The van der Waals surface area contributed by atoms with Crippen LogP contribution in [0.4, 0.5) is 5.69 Å². The van der Waals surface area contributed by atoms with E-state index in [1.807, 2.05) is 23.1 Å². The normalized spacial score (nSPS) is 13.9. The number of hydrogen-bond donors (Lipinski definition) is 1. The first-order valence-corrected chi connectivity index (χ1v) is 7.77. The van der Waals surface area contributed by atoms with E-state index < -0.39 is 0 Å². The lowest BCUT2D eigenvalue weighted by Gasteiger charge is -2.23. The van der Waals surface area contributed by atoms with Gasteiger partial charge >= 0.3 is 0 Å². The predicted molar refractivity (Wildman–Crippen MR) is 89.7 cm³/mol. The predicted octanol–water partition coefficient (Wildman–Crippen LogP) is 3.69. The van der Waals surface area contributed by atoms with Gasteiger partial charge in [-0.3, -0.25) is 4.79 Å². The summed E-state index contributed by atoms with van der Waals surface area (Å²) < 4.78 is 0. The van der Waals surface area contributed by atoms with Crippen LogP contribution in [0.3, 0.4) is 0 Å². The lowest BCUT2D eigenvalue weighted by Crippen LogP contribution is -2.32. The first-order chi connectivity index (χ1) is 10.5. The lowest BCUT2D eigenvalue weighted by atomic mass is 10.1. The van der Waals surface area contributed by atoms with Gasteiger partial charge in [0.2, 0.25) is 0 Å². The minimum absolute atomic E-state index is 0.0769. The minimum Gasteiger partial charge on any atom is -0.399 e. The maximum Gasteiger partial charge on any atom is 0.254 e. The molecule has 0 spiro atoms. The highest BCUT2D eigenvalue weighted by molar-refractivity contribution is 5.95. The Morgan fingerprint density at radius 3 is 2.55 bits per heavy atom. The third kappa shape index (κ3) is 3.14. The van der Waals surface area contributed by atoms with E-state index in [0.717, 1.165) is 12.8 Å². The van der Waals surface area contributed by atoms with E-state index in [1.165, 1.54) is 16.7 Å². The maximum atomic E-state index is 12.8. The number of nitrogens with zero attached hydrogens (tertiary/aromatic N) is 1. The fourth-order valence-corrected chi connectivity index (χ4v) is 2.69. The Hall–Kier alpha value is -2.29. The number of aryl methyl sites for hydroxylation is 2. The van der Waals surface area contributed by atoms with E-state index in [4.69, 9.17) is 5.73 Å². The molecule has 3 rings (SSSR count). The molecule has 3 heteroatoms. The summed E-state index contributed by atoms with van der Waals surface area (Å²) in [7, 11) is 0. The molecule has 1 fully saturated rings. The first-order valence-electron chi connectivity index (χ1n) is 7.77. The Kier molecular flexibility index (Phi) is 3.88. The van der Waals surface area contributed by atoms with Crippen LogP contribution in [0.1, 0.15) is 39.9 Å². The number of rotatable bonds is 4. The molecule has 1 amide bonds. The van der Waals surface area contributed by atoms with E-state index in [2.05, 4.69) is 32.0 Å². The molecule has 0 radical (unpaired) electrons. The van der Waals surface area contributed by atoms with Gasteiger partial charge in [-0.05, 0) is 61.6 Å². The largest absolute Gasteiger partial charge is 0.399 e. The van der Waals surface area contributed by atoms with Gasteiger partial charge in [0.15, 0.2) is 0 Å². The van der Waals surface area contributed by atoms with Crippen LogP contribution in [-0.4, -0.2) is 16.8 Å². The van der Waals surface area contributed by atoms with Crippen LogP contribution in [0, 0.1) is 13.8 Å². The molecule has 22 heavy (non-hydrogen) atoms. The molecule has 1 aliphatic carbocycles. The van der Waals surface area contributed by atoms with Crippen LogP contribution < -0.4 is 5.73 Å². The van der Waals surface area contributed by atoms with E-state index in [1.54, 1.807) is 6.07 Å². The summed E-state index contributed by atoms with van der Waals surface area (Å²) in [5, 5.41) is 0.